The SMILES string of the molecule is O=C(O)c1ccc(C=Cc2nc3ncccc3[nH]2)cc1. The maximum absolute atomic E-state index is 10.8. The van der Waals surface area contributed by atoms with E-state index in [4.69, 9.17) is 5.11 Å². The minimum atomic E-state index is -0.927. The molecule has 0 saturated heterocycles. The van der Waals surface area contributed by atoms with Crippen LogP contribution < -0.4 is 0 Å². The molecular formula is C15H11N3O2. The van der Waals surface area contributed by atoms with Gasteiger partial charge in [0.15, 0.2) is 5.65 Å². The summed E-state index contributed by atoms with van der Waals surface area (Å²) in [6, 6.07) is 10.4. The smallest absolute Gasteiger partial charge is 0.335 e. The Morgan fingerprint density at radius 1 is 1.15 bits per heavy atom. The molecule has 2 heterocycles. The van der Waals surface area contributed by atoms with Gasteiger partial charge >= 0.3 is 5.97 Å². The summed E-state index contributed by atoms with van der Waals surface area (Å²) >= 11 is 0. The van der Waals surface area contributed by atoms with Crippen LogP contribution in [0, 0.1) is 0 Å². The lowest BCUT2D eigenvalue weighted by Crippen LogP contribution is -1.94. The van der Waals surface area contributed by atoms with Gasteiger partial charge in [-0.05, 0) is 35.9 Å². The Morgan fingerprint density at radius 2 is 1.95 bits per heavy atom. The second-order valence-corrected chi connectivity index (χ2v) is 4.26. The number of aromatic nitrogens is 3. The second-order valence-electron chi connectivity index (χ2n) is 4.26. The molecule has 0 radical (unpaired) electrons. The maximum Gasteiger partial charge on any atom is 0.335 e. The number of benzene rings is 1. The summed E-state index contributed by atoms with van der Waals surface area (Å²) in [5.74, 6) is -0.218. The highest BCUT2D eigenvalue weighted by Crippen LogP contribution is 2.11. The van der Waals surface area contributed by atoms with Crippen LogP contribution in [-0.2, 0) is 0 Å². The van der Waals surface area contributed by atoms with Gasteiger partial charge in [0.2, 0.25) is 0 Å². The van der Waals surface area contributed by atoms with Crippen LogP contribution in [0.3, 0.4) is 0 Å². The fraction of sp³-hybridized carbons (Fsp3) is 0. The molecule has 0 unspecified atom stereocenters. The van der Waals surface area contributed by atoms with Crippen molar-refractivity contribution in [3.63, 3.8) is 0 Å². The summed E-state index contributed by atoms with van der Waals surface area (Å²) in [5, 5.41) is 8.82. The van der Waals surface area contributed by atoms with Crippen molar-refractivity contribution in [3.8, 4) is 0 Å². The average Bonchev–Trinajstić information content (AvgIpc) is 2.88. The van der Waals surface area contributed by atoms with Gasteiger partial charge in [0.25, 0.3) is 0 Å². The van der Waals surface area contributed by atoms with Crippen molar-refractivity contribution >= 4 is 29.3 Å². The van der Waals surface area contributed by atoms with E-state index in [1.165, 1.54) is 0 Å². The number of imidazole rings is 1. The Balaban J connectivity index is 1.84. The molecule has 3 rings (SSSR count). The molecule has 0 fully saturated rings. The molecule has 0 aliphatic rings. The van der Waals surface area contributed by atoms with Crippen molar-refractivity contribution in [2.24, 2.45) is 0 Å². The summed E-state index contributed by atoms with van der Waals surface area (Å²) in [6.45, 7) is 0. The van der Waals surface area contributed by atoms with Gasteiger partial charge in [-0.1, -0.05) is 18.2 Å². The second kappa shape index (κ2) is 4.97. The molecule has 2 N–H and O–H groups in total. The summed E-state index contributed by atoms with van der Waals surface area (Å²) < 4.78 is 0. The molecule has 0 aliphatic heterocycles. The minimum absolute atomic E-state index is 0.273. The zero-order valence-electron chi connectivity index (χ0n) is 10.4. The monoisotopic (exact) mass is 265 g/mol. The van der Waals surface area contributed by atoms with E-state index in [0.717, 1.165) is 11.1 Å². The molecular weight excluding hydrogens is 254 g/mol. The zero-order chi connectivity index (χ0) is 13.9. The summed E-state index contributed by atoms with van der Waals surface area (Å²) in [7, 11) is 0. The molecule has 0 spiro atoms. The van der Waals surface area contributed by atoms with Gasteiger partial charge in [-0.2, -0.15) is 0 Å². The van der Waals surface area contributed by atoms with E-state index in [-0.39, 0.29) is 5.56 Å². The molecule has 0 amide bonds. The minimum Gasteiger partial charge on any atom is -0.478 e. The van der Waals surface area contributed by atoms with E-state index in [1.54, 1.807) is 30.5 Å². The van der Waals surface area contributed by atoms with E-state index in [0.29, 0.717) is 11.5 Å². The predicted octanol–water partition coefficient (Wildman–Crippen LogP) is 2.83. The highest BCUT2D eigenvalue weighted by atomic mass is 16.4. The number of H-pyrrole nitrogens is 1. The Bertz CT molecular complexity index is 755. The average molecular weight is 265 g/mol. The van der Waals surface area contributed by atoms with Gasteiger partial charge in [0.1, 0.15) is 5.82 Å². The molecule has 5 nitrogen and oxygen atoms in total. The van der Waals surface area contributed by atoms with E-state index in [9.17, 15) is 4.79 Å². The quantitative estimate of drug-likeness (QED) is 0.763. The molecule has 0 atom stereocenters. The van der Waals surface area contributed by atoms with E-state index in [1.807, 2.05) is 24.3 Å². The van der Waals surface area contributed by atoms with Gasteiger partial charge in [-0.3, -0.25) is 0 Å². The standard InChI is InChI=1S/C15H11N3O2/c19-15(20)11-6-3-10(4-7-11)5-8-13-17-12-2-1-9-16-14(12)18-13/h1-9H,(H,19,20)(H,16,17,18). The number of rotatable bonds is 3. The first-order valence-corrected chi connectivity index (χ1v) is 6.04. The van der Waals surface area contributed by atoms with Crippen LogP contribution in [0.1, 0.15) is 21.7 Å². The van der Waals surface area contributed by atoms with Crippen LogP contribution in [0.4, 0.5) is 0 Å². The van der Waals surface area contributed by atoms with Crippen molar-refractivity contribution < 1.29 is 9.90 Å². The fourth-order valence-electron chi connectivity index (χ4n) is 1.85. The number of aromatic carboxylic acids is 1. The number of hydrogen-bond acceptors (Lipinski definition) is 3. The normalized spacial score (nSPS) is 11.2. The first-order valence-electron chi connectivity index (χ1n) is 6.04. The largest absolute Gasteiger partial charge is 0.478 e. The number of fused-ring (bicyclic) bond motifs is 1. The lowest BCUT2D eigenvalue weighted by atomic mass is 10.1. The summed E-state index contributed by atoms with van der Waals surface area (Å²) in [4.78, 5) is 22.4. The molecule has 5 heteroatoms. The van der Waals surface area contributed by atoms with E-state index in [2.05, 4.69) is 15.0 Å². The first-order chi connectivity index (χ1) is 9.72. The van der Waals surface area contributed by atoms with Crippen molar-refractivity contribution in [2.75, 3.05) is 0 Å². The Hall–Kier alpha value is -2.95. The molecule has 98 valence electrons. The third-order valence-electron chi connectivity index (χ3n) is 2.87. The van der Waals surface area contributed by atoms with Crippen LogP contribution in [0.25, 0.3) is 23.3 Å². The Morgan fingerprint density at radius 3 is 2.65 bits per heavy atom. The highest BCUT2D eigenvalue weighted by Gasteiger charge is 2.01. The molecule has 1 aromatic carbocycles. The summed E-state index contributed by atoms with van der Waals surface area (Å²) in [5.41, 5.74) is 2.74. The highest BCUT2D eigenvalue weighted by molar-refractivity contribution is 5.88. The number of nitrogens with zero attached hydrogens (tertiary/aromatic N) is 2. The fourth-order valence-corrected chi connectivity index (χ4v) is 1.85. The van der Waals surface area contributed by atoms with Gasteiger partial charge in [-0.25, -0.2) is 14.8 Å². The summed E-state index contributed by atoms with van der Waals surface area (Å²) in [6.07, 6.45) is 5.39. The molecule has 2 aromatic heterocycles. The lowest BCUT2D eigenvalue weighted by Gasteiger charge is -1.95. The van der Waals surface area contributed by atoms with Crippen LogP contribution >= 0.6 is 0 Å². The lowest BCUT2D eigenvalue weighted by molar-refractivity contribution is 0.0697. The number of carboxylic acids is 1. The van der Waals surface area contributed by atoms with Crippen molar-refractivity contribution in [3.05, 3.63) is 59.5 Å². The maximum atomic E-state index is 10.8. The topological polar surface area (TPSA) is 78.9 Å². The number of carbonyl (C=O) groups is 1. The van der Waals surface area contributed by atoms with E-state index >= 15 is 0 Å². The third kappa shape index (κ3) is 2.42. The number of hydrogen-bond donors (Lipinski definition) is 2. The number of carboxylic acid groups (broad SMARTS) is 1. The number of pyridine rings is 1. The molecule has 3 aromatic rings. The van der Waals surface area contributed by atoms with Crippen molar-refractivity contribution in [1.29, 1.82) is 0 Å². The number of nitrogens with one attached hydrogen (secondary N) is 1. The van der Waals surface area contributed by atoms with Crippen molar-refractivity contribution in [2.45, 2.75) is 0 Å². The van der Waals surface area contributed by atoms with Crippen molar-refractivity contribution in [1.82, 2.24) is 15.0 Å². The number of aromatic amines is 1. The van der Waals surface area contributed by atoms with Gasteiger partial charge in [0, 0.05) is 6.20 Å². The molecule has 0 bridgehead atoms. The van der Waals surface area contributed by atoms with Gasteiger partial charge in [0.05, 0.1) is 11.1 Å². The van der Waals surface area contributed by atoms with Gasteiger partial charge < -0.3 is 10.1 Å². The Kier molecular flexibility index (Phi) is 3.01. The zero-order valence-corrected chi connectivity index (χ0v) is 10.4. The first kappa shape index (κ1) is 12.1. The van der Waals surface area contributed by atoms with Crippen LogP contribution in [-0.4, -0.2) is 26.0 Å². The van der Waals surface area contributed by atoms with Crippen LogP contribution in [0.15, 0.2) is 42.6 Å². The molecule has 0 saturated carbocycles. The van der Waals surface area contributed by atoms with Crippen LogP contribution in [0.5, 0.6) is 0 Å². The molecule has 0 aliphatic carbocycles. The Labute approximate surface area is 114 Å². The predicted molar refractivity (Wildman–Crippen MR) is 76.2 cm³/mol. The molecule has 20 heavy (non-hydrogen) atoms. The third-order valence-corrected chi connectivity index (χ3v) is 2.87. The van der Waals surface area contributed by atoms with Crippen LogP contribution in [0.2, 0.25) is 0 Å². The van der Waals surface area contributed by atoms with E-state index < -0.39 is 5.97 Å². The van der Waals surface area contributed by atoms with Gasteiger partial charge in [-0.15, -0.1) is 0 Å².